The zero-order valence-corrected chi connectivity index (χ0v) is 11.1. The third-order valence-corrected chi connectivity index (χ3v) is 4.70. The van der Waals surface area contributed by atoms with Crippen molar-refractivity contribution in [3.05, 3.63) is 0 Å². The summed E-state index contributed by atoms with van der Waals surface area (Å²) in [6.07, 6.45) is 6.91. The highest BCUT2D eigenvalue weighted by molar-refractivity contribution is 5.70. The Morgan fingerprint density at radius 2 is 1.65 bits per heavy atom. The Hall–Kier alpha value is -0.570. The second-order valence-corrected chi connectivity index (χ2v) is 6.54. The summed E-state index contributed by atoms with van der Waals surface area (Å²) in [5.74, 6) is -0.694. The van der Waals surface area contributed by atoms with Crippen molar-refractivity contribution in [3.8, 4) is 0 Å². The van der Waals surface area contributed by atoms with E-state index in [0.29, 0.717) is 5.41 Å². The molecular formula is C14H25NO2. The maximum absolute atomic E-state index is 10.9. The summed E-state index contributed by atoms with van der Waals surface area (Å²) in [6, 6.07) is 0.720. The molecule has 0 radical (unpaired) electrons. The number of hydrogen-bond acceptors (Lipinski definition) is 2. The highest BCUT2D eigenvalue weighted by Crippen LogP contribution is 2.37. The molecule has 0 unspecified atom stereocenters. The first-order valence-electron chi connectivity index (χ1n) is 6.95. The number of carboxylic acids is 1. The fraction of sp³-hybridized carbons (Fsp3) is 0.929. The van der Waals surface area contributed by atoms with Gasteiger partial charge in [-0.2, -0.15) is 0 Å². The maximum atomic E-state index is 10.9. The van der Waals surface area contributed by atoms with Crippen LogP contribution in [0.5, 0.6) is 0 Å². The molecule has 0 amide bonds. The number of carboxylic acid groups (broad SMARTS) is 1. The topological polar surface area (TPSA) is 40.5 Å². The van der Waals surface area contributed by atoms with Crippen LogP contribution in [0.15, 0.2) is 0 Å². The van der Waals surface area contributed by atoms with Gasteiger partial charge in [0.25, 0.3) is 0 Å². The monoisotopic (exact) mass is 239 g/mol. The van der Waals surface area contributed by atoms with Gasteiger partial charge < -0.3 is 10.0 Å². The van der Waals surface area contributed by atoms with Gasteiger partial charge in [0.1, 0.15) is 0 Å². The normalized spacial score (nSPS) is 28.1. The quantitative estimate of drug-likeness (QED) is 0.805. The van der Waals surface area contributed by atoms with E-state index in [1.54, 1.807) is 0 Å². The molecule has 17 heavy (non-hydrogen) atoms. The SMILES string of the molecule is CC1(C)CCC(N2CCC(C(=O)O)CC2)CC1. The minimum absolute atomic E-state index is 0.0914. The van der Waals surface area contributed by atoms with Crippen LogP contribution < -0.4 is 0 Å². The van der Waals surface area contributed by atoms with Crippen molar-refractivity contribution in [1.82, 2.24) is 4.90 Å². The Morgan fingerprint density at radius 3 is 2.12 bits per heavy atom. The number of rotatable bonds is 2. The highest BCUT2D eigenvalue weighted by Gasteiger charge is 2.33. The predicted molar refractivity (Wildman–Crippen MR) is 68.0 cm³/mol. The first-order valence-corrected chi connectivity index (χ1v) is 6.95. The smallest absolute Gasteiger partial charge is 0.306 e. The van der Waals surface area contributed by atoms with E-state index in [-0.39, 0.29) is 5.92 Å². The number of aliphatic carboxylic acids is 1. The van der Waals surface area contributed by atoms with Crippen molar-refractivity contribution >= 4 is 5.97 Å². The Balaban J connectivity index is 1.80. The molecule has 1 saturated carbocycles. The Morgan fingerprint density at radius 1 is 1.12 bits per heavy atom. The van der Waals surface area contributed by atoms with Gasteiger partial charge >= 0.3 is 5.97 Å². The summed E-state index contributed by atoms with van der Waals surface area (Å²) in [6.45, 7) is 6.70. The van der Waals surface area contributed by atoms with Crippen LogP contribution in [0.1, 0.15) is 52.4 Å². The first-order chi connectivity index (χ1) is 7.98. The average Bonchev–Trinajstić information content (AvgIpc) is 2.29. The van der Waals surface area contributed by atoms with Gasteiger partial charge in [0.15, 0.2) is 0 Å². The van der Waals surface area contributed by atoms with Gasteiger partial charge in [-0.25, -0.2) is 0 Å². The van der Waals surface area contributed by atoms with Gasteiger partial charge in [0, 0.05) is 6.04 Å². The van der Waals surface area contributed by atoms with E-state index in [1.165, 1.54) is 25.7 Å². The molecule has 2 fully saturated rings. The predicted octanol–water partition coefficient (Wildman–Crippen LogP) is 2.75. The third kappa shape index (κ3) is 3.21. The zero-order valence-electron chi connectivity index (χ0n) is 11.1. The van der Waals surface area contributed by atoms with Crippen molar-refractivity contribution in [2.75, 3.05) is 13.1 Å². The van der Waals surface area contributed by atoms with Crippen molar-refractivity contribution in [1.29, 1.82) is 0 Å². The van der Waals surface area contributed by atoms with Crippen molar-refractivity contribution in [2.45, 2.75) is 58.4 Å². The lowest BCUT2D eigenvalue weighted by atomic mass is 9.75. The van der Waals surface area contributed by atoms with E-state index in [9.17, 15) is 4.79 Å². The van der Waals surface area contributed by atoms with E-state index < -0.39 is 5.97 Å². The number of hydrogen-bond donors (Lipinski definition) is 1. The second kappa shape index (κ2) is 4.97. The van der Waals surface area contributed by atoms with Gasteiger partial charge in [-0.05, 0) is 57.0 Å². The average molecular weight is 239 g/mol. The highest BCUT2D eigenvalue weighted by atomic mass is 16.4. The van der Waals surface area contributed by atoms with E-state index in [4.69, 9.17) is 5.11 Å². The molecule has 0 aromatic carbocycles. The van der Waals surface area contributed by atoms with Crippen LogP contribution in [0, 0.1) is 11.3 Å². The summed E-state index contributed by atoms with van der Waals surface area (Å²) in [5.41, 5.74) is 0.524. The van der Waals surface area contributed by atoms with Crippen LogP contribution in [0.4, 0.5) is 0 Å². The summed E-state index contributed by atoms with van der Waals surface area (Å²) < 4.78 is 0. The van der Waals surface area contributed by atoms with Gasteiger partial charge in [0.2, 0.25) is 0 Å². The minimum Gasteiger partial charge on any atom is -0.481 e. The van der Waals surface area contributed by atoms with Crippen LogP contribution in [0.3, 0.4) is 0 Å². The first kappa shape index (κ1) is 12.9. The lowest BCUT2D eigenvalue weighted by molar-refractivity contribution is -0.143. The molecule has 0 aromatic heterocycles. The molecule has 0 spiro atoms. The molecule has 1 N–H and O–H groups in total. The number of nitrogens with zero attached hydrogens (tertiary/aromatic N) is 1. The molecule has 98 valence electrons. The molecule has 0 bridgehead atoms. The Bertz CT molecular complexity index is 270. The largest absolute Gasteiger partial charge is 0.481 e. The van der Waals surface area contributed by atoms with E-state index in [2.05, 4.69) is 18.7 Å². The third-order valence-electron chi connectivity index (χ3n) is 4.70. The lowest BCUT2D eigenvalue weighted by Crippen LogP contribution is -2.45. The van der Waals surface area contributed by atoms with Crippen LogP contribution in [0.2, 0.25) is 0 Å². The molecule has 2 rings (SSSR count). The zero-order chi connectivity index (χ0) is 12.5. The fourth-order valence-electron chi connectivity index (χ4n) is 3.26. The number of piperidine rings is 1. The molecule has 3 heteroatoms. The maximum Gasteiger partial charge on any atom is 0.306 e. The van der Waals surface area contributed by atoms with Gasteiger partial charge in [-0.1, -0.05) is 13.8 Å². The van der Waals surface area contributed by atoms with Gasteiger partial charge in [-0.15, -0.1) is 0 Å². The number of likely N-dealkylation sites (tertiary alicyclic amines) is 1. The van der Waals surface area contributed by atoms with E-state index >= 15 is 0 Å². The minimum atomic E-state index is -0.602. The molecule has 1 aliphatic carbocycles. The van der Waals surface area contributed by atoms with Crippen LogP contribution in [-0.4, -0.2) is 35.1 Å². The molecule has 3 nitrogen and oxygen atoms in total. The lowest BCUT2D eigenvalue weighted by Gasteiger charge is -2.42. The van der Waals surface area contributed by atoms with Crippen LogP contribution in [0.25, 0.3) is 0 Å². The summed E-state index contributed by atoms with van der Waals surface area (Å²) in [7, 11) is 0. The van der Waals surface area contributed by atoms with Crippen molar-refractivity contribution in [2.24, 2.45) is 11.3 Å². The second-order valence-electron chi connectivity index (χ2n) is 6.54. The van der Waals surface area contributed by atoms with Crippen LogP contribution >= 0.6 is 0 Å². The van der Waals surface area contributed by atoms with Gasteiger partial charge in [-0.3, -0.25) is 4.79 Å². The molecule has 1 aliphatic heterocycles. The van der Waals surface area contributed by atoms with E-state index in [1.807, 2.05) is 0 Å². The fourth-order valence-corrected chi connectivity index (χ4v) is 3.26. The van der Waals surface area contributed by atoms with E-state index in [0.717, 1.165) is 32.0 Å². The molecule has 1 heterocycles. The molecular weight excluding hydrogens is 214 g/mol. The molecule has 2 aliphatic rings. The Kier molecular flexibility index (Phi) is 3.76. The summed E-state index contributed by atoms with van der Waals surface area (Å²) >= 11 is 0. The molecule has 1 saturated heterocycles. The number of carbonyl (C=O) groups is 1. The molecule has 0 aromatic rings. The summed E-state index contributed by atoms with van der Waals surface area (Å²) in [4.78, 5) is 13.4. The van der Waals surface area contributed by atoms with Crippen molar-refractivity contribution < 1.29 is 9.90 Å². The van der Waals surface area contributed by atoms with Gasteiger partial charge in [0.05, 0.1) is 5.92 Å². The molecule has 0 atom stereocenters. The standard InChI is InChI=1S/C14H25NO2/c1-14(2)7-3-12(4-8-14)15-9-5-11(6-10-15)13(16)17/h11-12H,3-10H2,1-2H3,(H,16,17). The van der Waals surface area contributed by atoms with Crippen molar-refractivity contribution in [3.63, 3.8) is 0 Å². The van der Waals surface area contributed by atoms with Crippen LogP contribution in [-0.2, 0) is 4.79 Å². The Labute approximate surface area is 104 Å². The summed E-state index contributed by atoms with van der Waals surface area (Å²) in [5, 5.41) is 8.98.